The van der Waals surface area contributed by atoms with Crippen LogP contribution in [0.2, 0.25) is 0 Å². The molecule has 0 heterocycles. The van der Waals surface area contributed by atoms with Crippen LogP contribution in [0.25, 0.3) is 0 Å². The molecule has 7 heteroatoms. The number of methoxy groups -OCH3 is 1. The molecule has 1 aliphatic carbocycles. The van der Waals surface area contributed by atoms with Gasteiger partial charge in [0, 0.05) is 28.3 Å². The van der Waals surface area contributed by atoms with Gasteiger partial charge in [0.25, 0.3) is 5.69 Å². The first-order chi connectivity index (χ1) is 9.99. The Labute approximate surface area is 126 Å². The highest BCUT2D eigenvalue weighted by Gasteiger charge is 2.44. The molecule has 0 radical (unpaired) electrons. The molecule has 0 aliphatic heterocycles. The third-order valence-corrected chi connectivity index (χ3v) is 5.01. The molecule has 1 aromatic carbocycles. The number of nitro groups is 1. The Hall–Kier alpha value is -1.89. The molecule has 1 aliphatic rings. The van der Waals surface area contributed by atoms with Gasteiger partial charge in [-0.15, -0.1) is 11.8 Å². The van der Waals surface area contributed by atoms with Crippen LogP contribution in [-0.2, 0) is 9.53 Å². The number of carbonyl (C=O) groups is 2. The molecule has 0 unspecified atom stereocenters. The number of thioether (sulfide) groups is 1. The number of esters is 1. The lowest BCUT2D eigenvalue weighted by Crippen LogP contribution is -2.13. The highest BCUT2D eigenvalue weighted by molar-refractivity contribution is 7.99. The van der Waals surface area contributed by atoms with E-state index in [9.17, 15) is 19.7 Å². The molecule has 112 valence electrons. The third kappa shape index (κ3) is 3.81. The molecule has 0 spiro atoms. The van der Waals surface area contributed by atoms with Gasteiger partial charge in [-0.05, 0) is 24.3 Å². The Bertz CT molecular complexity index is 583. The molecule has 1 aromatic rings. The van der Waals surface area contributed by atoms with Crippen LogP contribution in [0.1, 0.15) is 29.6 Å². The molecule has 21 heavy (non-hydrogen) atoms. The summed E-state index contributed by atoms with van der Waals surface area (Å²) in [5.74, 6) is 0.466. The van der Waals surface area contributed by atoms with Crippen molar-refractivity contribution in [3.05, 3.63) is 33.9 Å². The van der Waals surface area contributed by atoms with Gasteiger partial charge in [0.1, 0.15) is 0 Å². The van der Waals surface area contributed by atoms with Gasteiger partial charge in [-0.25, -0.2) is 0 Å². The van der Waals surface area contributed by atoms with E-state index in [1.807, 2.05) is 0 Å². The summed E-state index contributed by atoms with van der Waals surface area (Å²) in [4.78, 5) is 33.3. The summed E-state index contributed by atoms with van der Waals surface area (Å²) < 4.78 is 4.69. The molecule has 0 aromatic heterocycles. The van der Waals surface area contributed by atoms with Crippen molar-refractivity contribution in [1.82, 2.24) is 0 Å². The van der Waals surface area contributed by atoms with E-state index < -0.39 is 4.92 Å². The standard InChI is InChI=1S/C14H15NO5S/c1-20-13(17)7-14(4-5-14)9-21-12-3-2-11(15(18)19)6-10(12)8-16/h2-3,6,8H,4-5,7,9H2,1H3. The Morgan fingerprint density at radius 1 is 1.52 bits per heavy atom. The first-order valence-electron chi connectivity index (χ1n) is 6.43. The van der Waals surface area contributed by atoms with Crippen molar-refractivity contribution in [2.24, 2.45) is 5.41 Å². The zero-order valence-corrected chi connectivity index (χ0v) is 12.4. The van der Waals surface area contributed by atoms with Crippen molar-refractivity contribution < 1.29 is 19.2 Å². The first kappa shape index (κ1) is 15.5. The number of non-ortho nitro benzene ring substituents is 1. The van der Waals surface area contributed by atoms with Gasteiger partial charge >= 0.3 is 5.97 Å². The van der Waals surface area contributed by atoms with Gasteiger partial charge in [-0.2, -0.15) is 0 Å². The van der Waals surface area contributed by atoms with E-state index in [1.165, 1.54) is 31.0 Å². The van der Waals surface area contributed by atoms with Crippen LogP contribution in [0.5, 0.6) is 0 Å². The van der Waals surface area contributed by atoms with Crippen molar-refractivity contribution in [2.75, 3.05) is 12.9 Å². The highest BCUT2D eigenvalue weighted by atomic mass is 32.2. The van der Waals surface area contributed by atoms with E-state index in [-0.39, 0.29) is 17.1 Å². The van der Waals surface area contributed by atoms with E-state index in [0.717, 1.165) is 12.8 Å². The first-order valence-corrected chi connectivity index (χ1v) is 7.41. The van der Waals surface area contributed by atoms with Gasteiger partial charge in [0.05, 0.1) is 18.5 Å². The van der Waals surface area contributed by atoms with Gasteiger partial charge < -0.3 is 4.74 Å². The number of rotatable bonds is 7. The maximum absolute atomic E-state index is 11.4. The highest BCUT2D eigenvalue weighted by Crippen LogP contribution is 2.52. The summed E-state index contributed by atoms with van der Waals surface area (Å²) in [5.41, 5.74) is 0.153. The van der Waals surface area contributed by atoms with Gasteiger partial charge in [0.15, 0.2) is 6.29 Å². The predicted molar refractivity (Wildman–Crippen MR) is 77.5 cm³/mol. The van der Waals surface area contributed by atoms with Crippen LogP contribution >= 0.6 is 11.8 Å². The fraction of sp³-hybridized carbons (Fsp3) is 0.429. The summed E-state index contributed by atoms with van der Waals surface area (Å²) in [5, 5.41) is 10.7. The lowest BCUT2D eigenvalue weighted by molar-refractivity contribution is -0.384. The molecule has 0 saturated heterocycles. The zero-order valence-electron chi connectivity index (χ0n) is 11.5. The summed E-state index contributed by atoms with van der Waals surface area (Å²) in [7, 11) is 1.37. The average molecular weight is 309 g/mol. The minimum atomic E-state index is -0.527. The average Bonchev–Trinajstić information content (AvgIpc) is 3.24. The Morgan fingerprint density at radius 3 is 2.76 bits per heavy atom. The second-order valence-corrected chi connectivity index (χ2v) is 6.16. The quantitative estimate of drug-likeness (QED) is 0.253. The number of carbonyl (C=O) groups excluding carboxylic acids is 2. The third-order valence-electron chi connectivity index (χ3n) is 3.57. The van der Waals surface area contributed by atoms with Crippen molar-refractivity contribution in [2.45, 2.75) is 24.2 Å². The Kier molecular flexibility index (Phi) is 4.62. The second-order valence-electron chi connectivity index (χ2n) is 5.14. The fourth-order valence-corrected chi connectivity index (χ4v) is 3.32. The van der Waals surface area contributed by atoms with E-state index in [0.29, 0.717) is 28.9 Å². The molecule has 0 amide bonds. The number of hydrogen-bond donors (Lipinski definition) is 0. The van der Waals surface area contributed by atoms with Crippen molar-refractivity contribution in [3.8, 4) is 0 Å². The second kappa shape index (κ2) is 6.26. The number of nitro benzene ring substituents is 1. The molecular formula is C14H15NO5S. The SMILES string of the molecule is COC(=O)CC1(CSc2ccc([N+](=O)[O-])cc2C=O)CC1. The van der Waals surface area contributed by atoms with Crippen LogP contribution in [0.15, 0.2) is 23.1 Å². The minimum absolute atomic E-state index is 0.0559. The van der Waals surface area contributed by atoms with Crippen molar-refractivity contribution in [1.29, 1.82) is 0 Å². The molecule has 6 nitrogen and oxygen atoms in total. The van der Waals surface area contributed by atoms with E-state index in [1.54, 1.807) is 6.07 Å². The fourth-order valence-electron chi connectivity index (χ4n) is 2.03. The topological polar surface area (TPSA) is 86.5 Å². The smallest absolute Gasteiger partial charge is 0.306 e. The number of aldehydes is 1. The lowest BCUT2D eigenvalue weighted by Gasteiger charge is -2.13. The largest absolute Gasteiger partial charge is 0.469 e. The lowest BCUT2D eigenvalue weighted by atomic mass is 10.1. The normalized spacial score (nSPS) is 15.3. The number of hydrogen-bond acceptors (Lipinski definition) is 6. The molecule has 2 rings (SSSR count). The maximum atomic E-state index is 11.4. The summed E-state index contributed by atoms with van der Waals surface area (Å²) >= 11 is 1.45. The monoisotopic (exact) mass is 309 g/mol. The van der Waals surface area contributed by atoms with E-state index >= 15 is 0 Å². The molecule has 0 atom stereocenters. The summed E-state index contributed by atoms with van der Waals surface area (Å²) in [6.07, 6.45) is 2.91. The molecule has 0 bridgehead atoms. The van der Waals surface area contributed by atoms with Crippen LogP contribution in [0.4, 0.5) is 5.69 Å². The summed E-state index contributed by atoms with van der Waals surface area (Å²) in [6, 6.07) is 4.24. The van der Waals surface area contributed by atoms with Gasteiger partial charge in [0.2, 0.25) is 0 Å². The van der Waals surface area contributed by atoms with Crippen LogP contribution in [0, 0.1) is 15.5 Å². The molecule has 1 fully saturated rings. The van der Waals surface area contributed by atoms with Crippen LogP contribution in [0.3, 0.4) is 0 Å². The number of nitrogens with zero attached hydrogens (tertiary/aromatic N) is 1. The van der Waals surface area contributed by atoms with Gasteiger partial charge in [-0.3, -0.25) is 19.7 Å². The van der Waals surface area contributed by atoms with E-state index in [2.05, 4.69) is 4.74 Å². The van der Waals surface area contributed by atoms with Gasteiger partial charge in [-0.1, -0.05) is 0 Å². The molecule has 0 N–H and O–H groups in total. The molecule has 1 saturated carbocycles. The van der Waals surface area contributed by atoms with Crippen molar-refractivity contribution >= 4 is 29.7 Å². The number of ether oxygens (including phenoxy) is 1. The Morgan fingerprint density at radius 2 is 2.24 bits per heavy atom. The predicted octanol–water partition coefficient (Wildman–Crippen LogP) is 2.84. The minimum Gasteiger partial charge on any atom is -0.469 e. The number of benzene rings is 1. The molecular weight excluding hydrogens is 294 g/mol. The Balaban J connectivity index is 2.05. The van der Waals surface area contributed by atoms with Crippen LogP contribution < -0.4 is 0 Å². The maximum Gasteiger partial charge on any atom is 0.306 e. The van der Waals surface area contributed by atoms with E-state index in [4.69, 9.17) is 0 Å². The van der Waals surface area contributed by atoms with Crippen LogP contribution in [-0.4, -0.2) is 30.0 Å². The summed E-state index contributed by atoms with van der Waals surface area (Å²) in [6.45, 7) is 0. The van der Waals surface area contributed by atoms with Crippen molar-refractivity contribution in [3.63, 3.8) is 0 Å². The zero-order chi connectivity index (χ0) is 15.5.